The zero-order valence-corrected chi connectivity index (χ0v) is 22.0. The summed E-state index contributed by atoms with van der Waals surface area (Å²) in [5.41, 5.74) is -0.156. The van der Waals surface area contributed by atoms with E-state index < -0.39 is 53.4 Å². The van der Waals surface area contributed by atoms with Gasteiger partial charge in [0.05, 0.1) is 18.3 Å². The van der Waals surface area contributed by atoms with Crippen molar-refractivity contribution < 1.29 is 27.5 Å². The second kappa shape index (κ2) is 10.5. The molecule has 4 atom stereocenters. The van der Waals surface area contributed by atoms with E-state index in [0.717, 1.165) is 18.6 Å². The summed E-state index contributed by atoms with van der Waals surface area (Å²) in [6.07, 6.45) is 2.92. The SMILES string of the molecule is CC(C)(C)OC(=O)C1NCC[C@@H](NC(=O)c2cnn3ccc(N4CCC[C@@H]4c4cc(F)ccc4F)nc23)[C@@H]1F. The van der Waals surface area contributed by atoms with Gasteiger partial charge in [-0.2, -0.15) is 5.10 Å². The molecule has 2 fully saturated rings. The van der Waals surface area contributed by atoms with Crippen LogP contribution < -0.4 is 15.5 Å². The van der Waals surface area contributed by atoms with Crippen molar-refractivity contribution in [1.82, 2.24) is 25.2 Å². The molecule has 4 heterocycles. The fourth-order valence-electron chi connectivity index (χ4n) is 5.19. The predicted molar refractivity (Wildman–Crippen MR) is 137 cm³/mol. The van der Waals surface area contributed by atoms with Crippen LogP contribution in [0.5, 0.6) is 0 Å². The van der Waals surface area contributed by atoms with E-state index >= 15 is 4.39 Å². The van der Waals surface area contributed by atoms with Gasteiger partial charge < -0.3 is 20.3 Å². The molecule has 0 saturated carbocycles. The summed E-state index contributed by atoms with van der Waals surface area (Å²) in [5, 5.41) is 9.72. The van der Waals surface area contributed by atoms with Gasteiger partial charge in [-0.15, -0.1) is 0 Å². The lowest BCUT2D eigenvalue weighted by Crippen LogP contribution is -2.60. The molecule has 39 heavy (non-hydrogen) atoms. The maximum atomic E-state index is 15.3. The molecule has 0 spiro atoms. The highest BCUT2D eigenvalue weighted by Crippen LogP contribution is 2.37. The Morgan fingerprint density at radius 2 is 1.97 bits per heavy atom. The van der Waals surface area contributed by atoms with Crippen molar-refractivity contribution in [2.24, 2.45) is 0 Å². The van der Waals surface area contributed by atoms with Crippen LogP contribution in [0.25, 0.3) is 5.65 Å². The van der Waals surface area contributed by atoms with Gasteiger partial charge in [-0.25, -0.2) is 22.7 Å². The van der Waals surface area contributed by atoms with E-state index in [1.165, 1.54) is 16.8 Å². The highest BCUT2D eigenvalue weighted by Gasteiger charge is 2.41. The number of benzene rings is 1. The van der Waals surface area contributed by atoms with Gasteiger partial charge >= 0.3 is 5.97 Å². The first-order valence-electron chi connectivity index (χ1n) is 13.0. The molecule has 2 aliphatic rings. The summed E-state index contributed by atoms with van der Waals surface area (Å²) in [6.45, 7) is 5.99. The summed E-state index contributed by atoms with van der Waals surface area (Å²) in [4.78, 5) is 32.2. The quantitative estimate of drug-likeness (QED) is 0.475. The molecule has 0 bridgehead atoms. The molecule has 12 heteroatoms. The van der Waals surface area contributed by atoms with Gasteiger partial charge in [0, 0.05) is 18.3 Å². The number of hydrogen-bond donors (Lipinski definition) is 2. The van der Waals surface area contributed by atoms with Crippen molar-refractivity contribution in [2.75, 3.05) is 18.0 Å². The Bertz CT molecular complexity index is 1390. The van der Waals surface area contributed by atoms with Crippen molar-refractivity contribution in [1.29, 1.82) is 0 Å². The summed E-state index contributed by atoms with van der Waals surface area (Å²) in [7, 11) is 0. The Morgan fingerprint density at radius 3 is 2.74 bits per heavy atom. The monoisotopic (exact) mass is 544 g/mol. The van der Waals surface area contributed by atoms with Crippen LogP contribution >= 0.6 is 0 Å². The zero-order valence-electron chi connectivity index (χ0n) is 22.0. The number of carbonyl (C=O) groups is 2. The van der Waals surface area contributed by atoms with Crippen LogP contribution in [0.1, 0.15) is 62.0 Å². The molecule has 5 rings (SSSR count). The van der Waals surface area contributed by atoms with E-state index in [2.05, 4.69) is 20.7 Å². The number of ether oxygens (including phenoxy) is 1. The number of rotatable bonds is 5. The topological polar surface area (TPSA) is 101 Å². The van der Waals surface area contributed by atoms with Gasteiger partial charge in [0.15, 0.2) is 5.65 Å². The molecule has 0 aliphatic carbocycles. The standard InChI is InChI=1S/C27H31F3N6O3/c1-27(2,3)39-26(38)23-22(30)19(8-10-31-23)33-25(37)17-14-32-36-12-9-21(34-24(17)36)35-11-4-5-20(35)16-13-15(28)6-7-18(16)29/h6-7,9,12-14,19-20,22-23,31H,4-5,8,10-11H2,1-3H3,(H,33,37)/t19-,20-,22+,23?/m1/s1. The maximum absolute atomic E-state index is 15.3. The largest absolute Gasteiger partial charge is 0.459 e. The second-order valence-corrected chi connectivity index (χ2v) is 10.9. The van der Waals surface area contributed by atoms with Crippen molar-refractivity contribution in [2.45, 2.75) is 69.9 Å². The lowest BCUT2D eigenvalue weighted by molar-refractivity contribution is -0.160. The average Bonchev–Trinajstić information content (AvgIpc) is 3.52. The van der Waals surface area contributed by atoms with E-state index in [1.807, 2.05) is 4.90 Å². The molecule has 2 aliphatic heterocycles. The molecule has 1 unspecified atom stereocenters. The van der Waals surface area contributed by atoms with Gasteiger partial charge in [0.25, 0.3) is 5.91 Å². The Labute approximate surface area is 223 Å². The molecule has 2 saturated heterocycles. The Balaban J connectivity index is 1.36. The van der Waals surface area contributed by atoms with Crippen LogP contribution in [-0.4, -0.2) is 63.4 Å². The van der Waals surface area contributed by atoms with Crippen LogP contribution in [0.15, 0.2) is 36.7 Å². The Hall–Kier alpha value is -3.67. The third-order valence-electron chi connectivity index (χ3n) is 6.96. The van der Waals surface area contributed by atoms with E-state index in [9.17, 15) is 18.4 Å². The molecule has 2 aromatic heterocycles. The van der Waals surface area contributed by atoms with Crippen LogP contribution in [-0.2, 0) is 9.53 Å². The van der Waals surface area contributed by atoms with Crippen LogP contribution in [0.3, 0.4) is 0 Å². The number of alkyl halides is 1. The number of esters is 1. The minimum absolute atomic E-state index is 0.129. The first-order valence-corrected chi connectivity index (χ1v) is 13.0. The molecule has 1 amide bonds. The highest BCUT2D eigenvalue weighted by molar-refractivity contribution is 6.00. The maximum Gasteiger partial charge on any atom is 0.326 e. The van der Waals surface area contributed by atoms with Gasteiger partial charge in [-0.1, -0.05) is 0 Å². The van der Waals surface area contributed by atoms with Gasteiger partial charge in [-0.05, 0) is 70.8 Å². The normalized spacial score (nSPS) is 23.7. The lowest BCUT2D eigenvalue weighted by Gasteiger charge is -2.34. The number of piperidine rings is 1. The van der Waals surface area contributed by atoms with E-state index in [-0.39, 0.29) is 23.2 Å². The molecule has 2 N–H and O–H groups in total. The molecule has 9 nitrogen and oxygen atoms in total. The second-order valence-electron chi connectivity index (χ2n) is 10.9. The number of hydrogen-bond acceptors (Lipinski definition) is 7. The fourth-order valence-corrected chi connectivity index (χ4v) is 5.19. The molecular formula is C27H31F3N6O3. The molecule has 208 valence electrons. The van der Waals surface area contributed by atoms with Crippen molar-refractivity contribution in [3.8, 4) is 0 Å². The Morgan fingerprint density at radius 1 is 1.18 bits per heavy atom. The average molecular weight is 545 g/mol. The number of nitrogens with zero attached hydrogens (tertiary/aromatic N) is 4. The fraction of sp³-hybridized carbons (Fsp3) is 0.481. The third-order valence-corrected chi connectivity index (χ3v) is 6.96. The van der Waals surface area contributed by atoms with E-state index in [4.69, 9.17) is 4.74 Å². The van der Waals surface area contributed by atoms with E-state index in [0.29, 0.717) is 25.3 Å². The van der Waals surface area contributed by atoms with Crippen molar-refractivity contribution in [3.63, 3.8) is 0 Å². The summed E-state index contributed by atoms with van der Waals surface area (Å²) < 4.78 is 50.5. The zero-order chi connectivity index (χ0) is 27.9. The minimum Gasteiger partial charge on any atom is -0.459 e. The number of aromatic nitrogens is 3. The minimum atomic E-state index is -1.70. The number of fused-ring (bicyclic) bond motifs is 1. The van der Waals surface area contributed by atoms with Crippen LogP contribution in [0.4, 0.5) is 19.0 Å². The lowest BCUT2D eigenvalue weighted by atomic mass is 9.96. The van der Waals surface area contributed by atoms with Gasteiger partial charge in [-0.3, -0.25) is 9.59 Å². The van der Waals surface area contributed by atoms with Crippen molar-refractivity contribution >= 4 is 23.3 Å². The van der Waals surface area contributed by atoms with Gasteiger partial charge in [0.1, 0.15) is 40.8 Å². The molecule has 3 aromatic rings. The number of anilines is 1. The van der Waals surface area contributed by atoms with Gasteiger partial charge in [0.2, 0.25) is 0 Å². The summed E-state index contributed by atoms with van der Waals surface area (Å²) in [5.74, 6) is -1.83. The number of nitrogens with one attached hydrogen (secondary N) is 2. The summed E-state index contributed by atoms with van der Waals surface area (Å²) in [6, 6.07) is 2.56. The van der Waals surface area contributed by atoms with Crippen molar-refractivity contribution in [3.05, 3.63) is 59.4 Å². The highest BCUT2D eigenvalue weighted by atomic mass is 19.1. The predicted octanol–water partition coefficient (Wildman–Crippen LogP) is 3.49. The number of halogens is 3. The summed E-state index contributed by atoms with van der Waals surface area (Å²) >= 11 is 0. The van der Waals surface area contributed by atoms with Crippen LogP contribution in [0.2, 0.25) is 0 Å². The Kier molecular flexibility index (Phi) is 7.23. The molecule has 1 aromatic carbocycles. The molecule has 0 radical (unpaired) electrons. The van der Waals surface area contributed by atoms with E-state index in [1.54, 1.807) is 33.0 Å². The third kappa shape index (κ3) is 5.56. The smallest absolute Gasteiger partial charge is 0.326 e. The molecular weight excluding hydrogens is 513 g/mol. The first-order chi connectivity index (χ1) is 18.5. The van der Waals surface area contributed by atoms with Crippen LogP contribution in [0, 0.1) is 11.6 Å². The first kappa shape index (κ1) is 26.9. The number of amides is 1. The number of carbonyl (C=O) groups excluding carboxylic acids is 2.